The highest BCUT2D eigenvalue weighted by molar-refractivity contribution is 9.10. The molecule has 3 aromatic rings. The van der Waals surface area contributed by atoms with E-state index in [1.807, 2.05) is 54.6 Å². The second-order valence-corrected chi connectivity index (χ2v) is 5.71. The van der Waals surface area contributed by atoms with Crippen LogP contribution in [0.25, 0.3) is 5.69 Å². The number of ether oxygens (including phenoxy) is 1. The Hall–Kier alpha value is -2.60. The molecule has 0 atom stereocenters. The molecule has 6 heteroatoms. The normalized spacial score (nSPS) is 10.3. The lowest BCUT2D eigenvalue weighted by Crippen LogP contribution is -2.16. The van der Waals surface area contributed by atoms with Crippen molar-refractivity contribution in [2.75, 3.05) is 5.32 Å². The summed E-state index contributed by atoms with van der Waals surface area (Å²) in [5, 5.41) is 6.93. The third-order valence-electron chi connectivity index (χ3n) is 3.14. The van der Waals surface area contributed by atoms with Crippen LogP contribution in [0.4, 0.5) is 10.6 Å². The fraction of sp³-hybridized carbons (Fsp3) is 0.0588. The molecule has 2 aromatic carbocycles. The standard InChI is InChI=1S/C17H14BrN3O2/c18-14-7-4-8-15(11-14)21-16(9-10-19-21)20-17(22)23-12-13-5-2-1-3-6-13/h1-11H,12H2,(H,20,22). The zero-order chi connectivity index (χ0) is 16.1. The van der Waals surface area contributed by atoms with Gasteiger partial charge >= 0.3 is 6.09 Å². The summed E-state index contributed by atoms with van der Waals surface area (Å²) in [7, 11) is 0. The fourth-order valence-electron chi connectivity index (χ4n) is 2.08. The average molecular weight is 372 g/mol. The van der Waals surface area contributed by atoms with Crippen LogP contribution in [-0.2, 0) is 11.3 Å². The first-order valence-corrected chi connectivity index (χ1v) is 7.79. The van der Waals surface area contributed by atoms with Gasteiger partial charge in [0, 0.05) is 10.5 Å². The van der Waals surface area contributed by atoms with E-state index >= 15 is 0 Å². The summed E-state index contributed by atoms with van der Waals surface area (Å²) in [5.74, 6) is 0.543. The van der Waals surface area contributed by atoms with Gasteiger partial charge in [0.25, 0.3) is 0 Å². The number of hydrogen-bond acceptors (Lipinski definition) is 3. The number of hydrogen-bond donors (Lipinski definition) is 1. The fourth-order valence-corrected chi connectivity index (χ4v) is 2.46. The Morgan fingerprint density at radius 1 is 1.13 bits per heavy atom. The largest absolute Gasteiger partial charge is 0.444 e. The smallest absolute Gasteiger partial charge is 0.413 e. The Morgan fingerprint density at radius 3 is 2.74 bits per heavy atom. The van der Waals surface area contributed by atoms with Gasteiger partial charge in [-0.05, 0) is 23.8 Å². The van der Waals surface area contributed by atoms with Gasteiger partial charge in [-0.1, -0.05) is 52.3 Å². The number of nitrogens with one attached hydrogen (secondary N) is 1. The Kier molecular flexibility index (Phi) is 4.73. The van der Waals surface area contributed by atoms with E-state index in [0.717, 1.165) is 15.7 Å². The number of amides is 1. The van der Waals surface area contributed by atoms with E-state index in [4.69, 9.17) is 4.74 Å². The molecule has 0 spiro atoms. The molecule has 1 amide bonds. The number of halogens is 1. The average Bonchev–Trinajstić information content (AvgIpc) is 3.02. The van der Waals surface area contributed by atoms with Crippen molar-refractivity contribution in [3.8, 4) is 5.69 Å². The van der Waals surface area contributed by atoms with Gasteiger partial charge in [-0.15, -0.1) is 0 Å². The number of nitrogens with zero attached hydrogens (tertiary/aromatic N) is 2. The SMILES string of the molecule is O=C(Nc1ccnn1-c1cccc(Br)c1)OCc1ccccc1. The second kappa shape index (κ2) is 7.11. The summed E-state index contributed by atoms with van der Waals surface area (Å²) in [6, 6.07) is 18.9. The summed E-state index contributed by atoms with van der Waals surface area (Å²) >= 11 is 3.42. The number of carbonyl (C=O) groups is 1. The quantitative estimate of drug-likeness (QED) is 0.739. The minimum absolute atomic E-state index is 0.220. The van der Waals surface area contributed by atoms with Crippen LogP contribution in [0, 0.1) is 0 Å². The van der Waals surface area contributed by atoms with Gasteiger partial charge in [0.1, 0.15) is 12.4 Å². The molecule has 1 heterocycles. The Bertz CT molecular complexity index is 802. The first-order valence-electron chi connectivity index (χ1n) is 7.00. The van der Waals surface area contributed by atoms with Crippen molar-refractivity contribution in [3.05, 3.63) is 76.9 Å². The molecule has 23 heavy (non-hydrogen) atoms. The predicted octanol–water partition coefficient (Wildman–Crippen LogP) is 4.38. The van der Waals surface area contributed by atoms with Gasteiger partial charge < -0.3 is 4.74 Å². The third-order valence-corrected chi connectivity index (χ3v) is 3.63. The van der Waals surface area contributed by atoms with Crippen molar-refractivity contribution in [2.24, 2.45) is 0 Å². The van der Waals surface area contributed by atoms with Gasteiger partial charge in [-0.25, -0.2) is 9.48 Å². The summed E-state index contributed by atoms with van der Waals surface area (Å²) in [4.78, 5) is 12.0. The minimum atomic E-state index is -0.523. The third kappa shape index (κ3) is 3.98. The van der Waals surface area contributed by atoms with Gasteiger partial charge in [-0.3, -0.25) is 5.32 Å². The predicted molar refractivity (Wildman–Crippen MR) is 91.5 cm³/mol. The van der Waals surface area contributed by atoms with E-state index in [0.29, 0.717) is 5.82 Å². The molecule has 116 valence electrons. The Balaban J connectivity index is 1.67. The van der Waals surface area contributed by atoms with Crippen molar-refractivity contribution < 1.29 is 9.53 Å². The number of benzene rings is 2. The monoisotopic (exact) mass is 371 g/mol. The lowest BCUT2D eigenvalue weighted by Gasteiger charge is -2.10. The van der Waals surface area contributed by atoms with Crippen molar-refractivity contribution in [1.82, 2.24) is 9.78 Å². The Labute approximate surface area is 142 Å². The van der Waals surface area contributed by atoms with Gasteiger partial charge in [0.05, 0.1) is 11.9 Å². The van der Waals surface area contributed by atoms with Crippen LogP contribution in [0.2, 0.25) is 0 Å². The van der Waals surface area contributed by atoms with E-state index < -0.39 is 6.09 Å². The van der Waals surface area contributed by atoms with Crippen LogP contribution < -0.4 is 5.32 Å². The maximum atomic E-state index is 12.0. The molecule has 1 aromatic heterocycles. The van der Waals surface area contributed by atoms with Crippen molar-refractivity contribution in [1.29, 1.82) is 0 Å². The van der Waals surface area contributed by atoms with Gasteiger partial charge in [-0.2, -0.15) is 5.10 Å². The maximum absolute atomic E-state index is 12.0. The van der Waals surface area contributed by atoms with Crippen LogP contribution >= 0.6 is 15.9 Å². The summed E-state index contributed by atoms with van der Waals surface area (Å²) in [6.07, 6.45) is 1.10. The van der Waals surface area contributed by atoms with Crippen LogP contribution in [0.3, 0.4) is 0 Å². The zero-order valence-corrected chi connectivity index (χ0v) is 13.7. The van der Waals surface area contributed by atoms with E-state index in [-0.39, 0.29) is 6.61 Å². The molecule has 3 rings (SSSR count). The highest BCUT2D eigenvalue weighted by Gasteiger charge is 2.10. The molecule has 0 aliphatic rings. The van der Waals surface area contributed by atoms with Crippen LogP contribution in [0.5, 0.6) is 0 Å². The van der Waals surface area contributed by atoms with Crippen molar-refractivity contribution in [3.63, 3.8) is 0 Å². The molecular weight excluding hydrogens is 358 g/mol. The van der Waals surface area contributed by atoms with Crippen LogP contribution in [-0.4, -0.2) is 15.9 Å². The van der Waals surface area contributed by atoms with E-state index in [9.17, 15) is 4.79 Å². The molecule has 1 N–H and O–H groups in total. The van der Waals surface area contributed by atoms with Crippen LogP contribution in [0.15, 0.2) is 71.3 Å². The summed E-state index contributed by atoms with van der Waals surface area (Å²) in [6.45, 7) is 0.220. The zero-order valence-electron chi connectivity index (χ0n) is 12.1. The molecule has 0 saturated heterocycles. The van der Waals surface area contributed by atoms with Crippen molar-refractivity contribution in [2.45, 2.75) is 6.61 Å². The molecular formula is C17H14BrN3O2. The minimum Gasteiger partial charge on any atom is -0.444 e. The number of anilines is 1. The second-order valence-electron chi connectivity index (χ2n) is 4.79. The van der Waals surface area contributed by atoms with E-state index in [2.05, 4.69) is 26.3 Å². The van der Waals surface area contributed by atoms with E-state index in [1.54, 1.807) is 16.9 Å². The topological polar surface area (TPSA) is 56.2 Å². The molecule has 5 nitrogen and oxygen atoms in total. The number of rotatable bonds is 4. The molecule has 0 bridgehead atoms. The highest BCUT2D eigenvalue weighted by Crippen LogP contribution is 2.19. The molecule has 0 aliphatic carbocycles. The lowest BCUT2D eigenvalue weighted by atomic mass is 10.2. The Morgan fingerprint density at radius 2 is 1.96 bits per heavy atom. The van der Waals surface area contributed by atoms with Crippen LogP contribution in [0.1, 0.15) is 5.56 Å². The maximum Gasteiger partial charge on any atom is 0.413 e. The molecule has 0 radical (unpaired) electrons. The number of aromatic nitrogens is 2. The van der Waals surface area contributed by atoms with Crippen molar-refractivity contribution >= 4 is 27.8 Å². The summed E-state index contributed by atoms with van der Waals surface area (Å²) < 4.78 is 7.78. The first kappa shape index (κ1) is 15.3. The highest BCUT2D eigenvalue weighted by atomic mass is 79.9. The summed E-state index contributed by atoms with van der Waals surface area (Å²) in [5.41, 5.74) is 1.77. The molecule has 0 saturated carbocycles. The van der Waals surface area contributed by atoms with Gasteiger partial charge in [0.15, 0.2) is 0 Å². The molecule has 0 fully saturated rings. The van der Waals surface area contributed by atoms with E-state index in [1.165, 1.54) is 0 Å². The lowest BCUT2D eigenvalue weighted by molar-refractivity contribution is 0.155. The number of carbonyl (C=O) groups excluding carboxylic acids is 1. The molecule has 0 unspecified atom stereocenters. The first-order chi connectivity index (χ1) is 11.2. The molecule has 0 aliphatic heterocycles. The van der Waals surface area contributed by atoms with Gasteiger partial charge in [0.2, 0.25) is 0 Å².